The first-order chi connectivity index (χ1) is 16.3. The number of nitrogens with one attached hydrogen (secondary N) is 1. The molecular weight excluding hydrogens is 442 g/mol. The number of benzene rings is 1. The lowest BCUT2D eigenvalue weighted by Gasteiger charge is -2.37. The Kier molecular flexibility index (Phi) is 9.88. The average molecular weight is 478 g/mol. The summed E-state index contributed by atoms with van der Waals surface area (Å²) in [6.07, 6.45) is 3.11. The van der Waals surface area contributed by atoms with Gasteiger partial charge in [-0.25, -0.2) is 4.79 Å². The number of hydrogen-bond donors (Lipinski definition) is 4. The second kappa shape index (κ2) is 12.9. The van der Waals surface area contributed by atoms with E-state index in [4.69, 9.17) is 19.3 Å². The van der Waals surface area contributed by atoms with Gasteiger partial charge >= 0.3 is 11.9 Å². The van der Waals surface area contributed by atoms with Crippen LogP contribution in [0, 0.1) is 0 Å². The molecule has 1 fully saturated rings. The van der Waals surface area contributed by atoms with Crippen molar-refractivity contribution >= 4 is 22.8 Å². The van der Waals surface area contributed by atoms with Crippen molar-refractivity contribution in [2.24, 2.45) is 0 Å². The van der Waals surface area contributed by atoms with Crippen molar-refractivity contribution < 1.29 is 39.1 Å². The van der Waals surface area contributed by atoms with Gasteiger partial charge in [0.05, 0.1) is 24.2 Å². The Morgan fingerprint density at radius 3 is 2.71 bits per heavy atom. The van der Waals surface area contributed by atoms with Gasteiger partial charge in [-0.2, -0.15) is 0 Å². The Labute approximate surface area is 199 Å². The van der Waals surface area contributed by atoms with Gasteiger partial charge in [0.25, 0.3) is 0 Å². The van der Waals surface area contributed by atoms with Crippen LogP contribution in [0.25, 0.3) is 10.9 Å². The Morgan fingerprint density at radius 2 is 1.91 bits per heavy atom. The molecule has 0 amide bonds. The van der Waals surface area contributed by atoms with Crippen LogP contribution in [0.1, 0.15) is 68.6 Å². The number of rotatable bonds is 13. The molecule has 34 heavy (non-hydrogen) atoms. The fourth-order valence-electron chi connectivity index (χ4n) is 4.18. The molecule has 0 aliphatic carbocycles. The summed E-state index contributed by atoms with van der Waals surface area (Å²) in [7, 11) is 0. The van der Waals surface area contributed by atoms with Crippen molar-refractivity contribution in [1.82, 2.24) is 4.98 Å². The average Bonchev–Trinajstić information content (AvgIpc) is 3.22. The van der Waals surface area contributed by atoms with Gasteiger partial charge in [0.1, 0.15) is 12.2 Å². The highest BCUT2D eigenvalue weighted by molar-refractivity contribution is 6.04. The number of aromatic nitrogens is 1. The number of ether oxygens (including phenoxy) is 3. The van der Waals surface area contributed by atoms with Gasteiger partial charge in [-0.3, -0.25) is 4.79 Å². The number of carboxylic acid groups (broad SMARTS) is 1. The summed E-state index contributed by atoms with van der Waals surface area (Å²) in [5.74, 6) is -1.44. The lowest BCUT2D eigenvalue weighted by molar-refractivity contribution is -0.260. The molecule has 1 aromatic carbocycles. The van der Waals surface area contributed by atoms with Crippen molar-refractivity contribution in [3.05, 3.63) is 36.0 Å². The highest BCUT2D eigenvalue weighted by Crippen LogP contribution is 2.26. The molecule has 5 unspecified atom stereocenters. The fraction of sp³-hybridized carbons (Fsp3) is 0.600. The summed E-state index contributed by atoms with van der Waals surface area (Å²) >= 11 is 0. The van der Waals surface area contributed by atoms with Gasteiger partial charge in [-0.15, -0.1) is 0 Å². The number of carbonyl (C=O) groups excluding carboxylic acids is 1. The summed E-state index contributed by atoms with van der Waals surface area (Å²) in [6.45, 7) is 2.24. The maximum absolute atomic E-state index is 12.7. The normalized spacial score (nSPS) is 23.6. The van der Waals surface area contributed by atoms with Crippen LogP contribution in [0.3, 0.4) is 0 Å². The van der Waals surface area contributed by atoms with Gasteiger partial charge in [-0.05, 0) is 25.8 Å². The third-order valence-corrected chi connectivity index (χ3v) is 6.10. The molecule has 9 nitrogen and oxygen atoms in total. The first-order valence-electron chi connectivity index (χ1n) is 12.0. The van der Waals surface area contributed by atoms with Gasteiger partial charge in [0.2, 0.25) is 0 Å². The predicted octanol–water partition coefficient (Wildman–Crippen LogP) is 3.38. The lowest BCUT2D eigenvalue weighted by Crippen LogP contribution is -2.48. The summed E-state index contributed by atoms with van der Waals surface area (Å²) in [5, 5.41) is 29.4. The number of aromatic amines is 1. The van der Waals surface area contributed by atoms with Crippen LogP contribution in [0.2, 0.25) is 0 Å². The maximum Gasteiger partial charge on any atom is 0.340 e. The summed E-state index contributed by atoms with van der Waals surface area (Å²) in [6, 6.07) is 7.48. The monoisotopic (exact) mass is 477 g/mol. The van der Waals surface area contributed by atoms with E-state index in [9.17, 15) is 19.8 Å². The molecule has 1 aromatic heterocycles. The van der Waals surface area contributed by atoms with Crippen LogP contribution >= 0.6 is 0 Å². The number of aliphatic hydroxyl groups excluding tert-OH is 2. The molecule has 0 spiro atoms. The quantitative estimate of drug-likeness (QED) is 0.254. The van der Waals surface area contributed by atoms with Crippen LogP contribution in [-0.4, -0.2) is 69.6 Å². The van der Waals surface area contributed by atoms with Gasteiger partial charge in [-0.1, -0.05) is 43.9 Å². The molecule has 1 aliphatic heterocycles. The highest BCUT2D eigenvalue weighted by Gasteiger charge is 2.38. The summed E-state index contributed by atoms with van der Waals surface area (Å²) in [4.78, 5) is 26.3. The molecule has 1 aliphatic rings. The van der Waals surface area contributed by atoms with Crippen molar-refractivity contribution in [3.8, 4) is 0 Å². The molecule has 2 heterocycles. The zero-order chi connectivity index (χ0) is 24.5. The molecule has 2 aromatic rings. The van der Waals surface area contributed by atoms with Crippen molar-refractivity contribution in [2.75, 3.05) is 6.61 Å². The molecule has 188 valence electrons. The van der Waals surface area contributed by atoms with E-state index in [2.05, 4.69) is 4.98 Å². The van der Waals surface area contributed by atoms with E-state index >= 15 is 0 Å². The molecular formula is C25H35NO8. The SMILES string of the molecule is CC1OC(OCCCCCCCC(O)CC(=O)O)C(O)CC1OC(=O)c1c[nH]c2ccccc12. The third-order valence-electron chi connectivity index (χ3n) is 6.10. The van der Waals surface area contributed by atoms with E-state index in [1.54, 1.807) is 13.1 Å². The first kappa shape index (κ1) is 26.2. The van der Waals surface area contributed by atoms with E-state index in [0.717, 1.165) is 43.0 Å². The van der Waals surface area contributed by atoms with Crippen LogP contribution < -0.4 is 0 Å². The van der Waals surface area contributed by atoms with Gasteiger partial charge < -0.3 is 34.5 Å². The number of H-pyrrole nitrogens is 1. The van der Waals surface area contributed by atoms with Crippen LogP contribution in [0.4, 0.5) is 0 Å². The number of para-hydroxylation sites is 1. The molecule has 3 rings (SSSR count). The smallest absolute Gasteiger partial charge is 0.340 e. The standard InChI is InChI=1S/C25H35NO8/c1-16-22(34-24(31)19-15-26-20-11-7-6-10-18(19)20)14-21(28)25(33-16)32-12-8-4-2-3-5-9-17(27)13-23(29)30/h6-7,10-11,15-17,21-22,25-28H,2-5,8-9,12-14H2,1H3,(H,29,30). The van der Waals surface area contributed by atoms with Gasteiger partial charge in [0, 0.05) is 30.1 Å². The maximum atomic E-state index is 12.7. The zero-order valence-corrected chi connectivity index (χ0v) is 19.5. The van der Waals surface area contributed by atoms with Gasteiger partial charge in [0.15, 0.2) is 6.29 Å². The summed E-state index contributed by atoms with van der Waals surface area (Å²) < 4.78 is 17.1. The van der Waals surface area contributed by atoms with Crippen LogP contribution in [0.5, 0.6) is 0 Å². The molecule has 0 bridgehead atoms. The van der Waals surface area contributed by atoms with Crippen molar-refractivity contribution in [3.63, 3.8) is 0 Å². The number of carboxylic acids is 1. The summed E-state index contributed by atoms with van der Waals surface area (Å²) in [5.41, 5.74) is 1.30. The molecule has 0 saturated carbocycles. The first-order valence-corrected chi connectivity index (χ1v) is 12.0. The number of fused-ring (bicyclic) bond motifs is 1. The molecule has 1 saturated heterocycles. The number of unbranched alkanes of at least 4 members (excludes halogenated alkanes) is 4. The third kappa shape index (κ3) is 7.53. The Bertz CT molecular complexity index is 929. The van der Waals surface area contributed by atoms with Crippen molar-refractivity contribution in [2.45, 2.75) is 89.0 Å². The topological polar surface area (TPSA) is 138 Å². The second-order valence-corrected chi connectivity index (χ2v) is 8.88. The largest absolute Gasteiger partial charge is 0.481 e. The van der Waals surface area contributed by atoms with E-state index in [1.807, 2.05) is 24.3 Å². The van der Waals surface area contributed by atoms with E-state index in [0.29, 0.717) is 18.6 Å². The Morgan fingerprint density at radius 1 is 1.18 bits per heavy atom. The molecule has 0 radical (unpaired) electrons. The fourth-order valence-corrected chi connectivity index (χ4v) is 4.18. The Hall–Kier alpha value is -2.46. The van der Waals surface area contributed by atoms with E-state index < -0.39 is 42.6 Å². The minimum absolute atomic E-state index is 0.209. The van der Waals surface area contributed by atoms with Crippen LogP contribution in [0.15, 0.2) is 30.5 Å². The molecule has 4 N–H and O–H groups in total. The lowest BCUT2D eigenvalue weighted by atomic mass is 10.0. The molecule has 9 heteroatoms. The molecule has 5 atom stereocenters. The number of esters is 1. The Balaban J connectivity index is 1.32. The number of hydrogen-bond acceptors (Lipinski definition) is 7. The van der Waals surface area contributed by atoms with Crippen molar-refractivity contribution in [1.29, 1.82) is 0 Å². The number of aliphatic carboxylic acids is 1. The van der Waals surface area contributed by atoms with E-state index in [-0.39, 0.29) is 12.8 Å². The minimum Gasteiger partial charge on any atom is -0.481 e. The minimum atomic E-state index is -0.982. The predicted molar refractivity (Wildman–Crippen MR) is 124 cm³/mol. The highest BCUT2D eigenvalue weighted by atomic mass is 16.7. The van der Waals surface area contributed by atoms with Crippen LogP contribution in [-0.2, 0) is 19.0 Å². The number of carbonyl (C=O) groups is 2. The zero-order valence-electron chi connectivity index (χ0n) is 19.5. The van der Waals surface area contributed by atoms with E-state index in [1.165, 1.54) is 0 Å². The number of aliphatic hydroxyl groups is 2. The second-order valence-electron chi connectivity index (χ2n) is 8.88.